The Morgan fingerprint density at radius 2 is 2.00 bits per heavy atom. The van der Waals surface area contributed by atoms with E-state index in [-0.39, 0.29) is 16.4 Å². The van der Waals surface area contributed by atoms with Crippen LogP contribution in [0.15, 0.2) is 28.7 Å². The lowest BCUT2D eigenvalue weighted by Crippen LogP contribution is -2.31. The van der Waals surface area contributed by atoms with Crippen LogP contribution in [0.4, 0.5) is 4.39 Å². The van der Waals surface area contributed by atoms with Crippen LogP contribution in [-0.4, -0.2) is 29.1 Å². The molecule has 1 aromatic carbocycles. The first-order valence-electron chi connectivity index (χ1n) is 8.52. The molecular formula is C19H20BrCl2FN2O. The van der Waals surface area contributed by atoms with Gasteiger partial charge in [0.1, 0.15) is 5.15 Å². The van der Waals surface area contributed by atoms with Crippen LogP contribution in [0.2, 0.25) is 10.3 Å². The molecule has 1 aromatic heterocycles. The van der Waals surface area contributed by atoms with Gasteiger partial charge in [0, 0.05) is 36.3 Å². The second-order valence-corrected chi connectivity index (χ2v) is 8.18. The number of ether oxygens (including phenoxy) is 1. The summed E-state index contributed by atoms with van der Waals surface area (Å²) in [5.74, 6) is -0.556. The minimum atomic E-state index is -0.556. The molecule has 140 valence electrons. The van der Waals surface area contributed by atoms with Crippen molar-refractivity contribution >= 4 is 39.1 Å². The van der Waals surface area contributed by atoms with Gasteiger partial charge in [0.2, 0.25) is 0 Å². The summed E-state index contributed by atoms with van der Waals surface area (Å²) in [6.07, 6.45) is 2.29. The quantitative estimate of drug-likeness (QED) is 0.510. The third-order valence-corrected chi connectivity index (χ3v) is 5.77. The summed E-state index contributed by atoms with van der Waals surface area (Å²) in [4.78, 5) is 6.09. The van der Waals surface area contributed by atoms with Crippen LogP contribution in [0.5, 0.6) is 0 Å². The second kappa shape index (κ2) is 8.98. The summed E-state index contributed by atoms with van der Waals surface area (Å²) >= 11 is 15.5. The molecule has 3 nitrogen and oxygen atoms in total. The Labute approximate surface area is 171 Å². The highest BCUT2D eigenvalue weighted by molar-refractivity contribution is 9.10. The zero-order chi connectivity index (χ0) is 18.7. The van der Waals surface area contributed by atoms with E-state index in [4.69, 9.17) is 27.9 Å². The average Bonchev–Trinajstić information content (AvgIpc) is 3.08. The second-order valence-electron chi connectivity index (χ2n) is 6.61. The van der Waals surface area contributed by atoms with Crippen LogP contribution >= 0.6 is 39.1 Å². The van der Waals surface area contributed by atoms with E-state index in [1.54, 1.807) is 0 Å². The molecule has 1 atom stereocenters. The van der Waals surface area contributed by atoms with Crippen LogP contribution in [0.3, 0.4) is 0 Å². The van der Waals surface area contributed by atoms with Crippen molar-refractivity contribution in [3.05, 3.63) is 61.6 Å². The zero-order valence-corrected chi connectivity index (χ0v) is 17.5. The smallest absolute Gasteiger partial charge is 0.166 e. The molecule has 3 rings (SSSR count). The fourth-order valence-electron chi connectivity index (χ4n) is 3.12. The Morgan fingerprint density at radius 1 is 1.23 bits per heavy atom. The van der Waals surface area contributed by atoms with E-state index in [1.165, 1.54) is 11.6 Å². The van der Waals surface area contributed by atoms with Crippen molar-refractivity contribution in [3.8, 4) is 0 Å². The van der Waals surface area contributed by atoms with Crippen molar-refractivity contribution in [1.29, 1.82) is 0 Å². The molecule has 7 heteroatoms. The highest BCUT2D eigenvalue weighted by Gasteiger charge is 2.21. The largest absolute Gasteiger partial charge is 0.377 e. The molecule has 0 bridgehead atoms. The predicted molar refractivity (Wildman–Crippen MR) is 106 cm³/mol. The van der Waals surface area contributed by atoms with Crippen LogP contribution in [0.25, 0.3) is 0 Å². The third kappa shape index (κ3) is 5.17. The number of benzene rings is 1. The van der Waals surface area contributed by atoms with Gasteiger partial charge in [-0.25, -0.2) is 9.37 Å². The van der Waals surface area contributed by atoms with Gasteiger partial charge < -0.3 is 4.74 Å². The van der Waals surface area contributed by atoms with Crippen molar-refractivity contribution in [3.63, 3.8) is 0 Å². The molecule has 26 heavy (non-hydrogen) atoms. The molecule has 1 saturated heterocycles. The lowest BCUT2D eigenvalue weighted by Gasteiger charge is -2.26. The lowest BCUT2D eigenvalue weighted by molar-refractivity contribution is 0.0678. The minimum Gasteiger partial charge on any atom is -0.377 e. The van der Waals surface area contributed by atoms with Gasteiger partial charge in [-0.05, 0) is 43.0 Å². The van der Waals surface area contributed by atoms with Crippen LogP contribution in [-0.2, 0) is 17.8 Å². The maximum absolute atomic E-state index is 13.8. The number of aryl methyl sites for hydroxylation is 1. The maximum atomic E-state index is 13.8. The molecule has 1 aliphatic heterocycles. The number of pyridine rings is 1. The molecule has 0 spiro atoms. The molecule has 0 aliphatic carbocycles. The van der Waals surface area contributed by atoms with Gasteiger partial charge >= 0.3 is 0 Å². The van der Waals surface area contributed by atoms with E-state index in [0.29, 0.717) is 18.7 Å². The summed E-state index contributed by atoms with van der Waals surface area (Å²) in [6.45, 7) is 4.77. The van der Waals surface area contributed by atoms with E-state index in [9.17, 15) is 4.39 Å². The number of hydrogen-bond acceptors (Lipinski definition) is 3. The number of halogens is 4. The molecule has 1 unspecified atom stereocenters. The first kappa shape index (κ1) is 20.0. The summed E-state index contributed by atoms with van der Waals surface area (Å²) in [7, 11) is 0. The molecule has 2 heterocycles. The Balaban J connectivity index is 1.81. The highest BCUT2D eigenvalue weighted by atomic mass is 79.9. The van der Waals surface area contributed by atoms with Crippen LogP contribution in [0, 0.1) is 12.7 Å². The van der Waals surface area contributed by atoms with Gasteiger partial charge in [-0.15, -0.1) is 0 Å². The molecule has 1 fully saturated rings. The van der Waals surface area contributed by atoms with Gasteiger partial charge in [-0.1, -0.05) is 51.3 Å². The van der Waals surface area contributed by atoms with Crippen molar-refractivity contribution in [2.45, 2.75) is 39.0 Å². The molecule has 2 aromatic rings. The normalized spacial score (nSPS) is 17.2. The van der Waals surface area contributed by atoms with Gasteiger partial charge in [-0.3, -0.25) is 4.90 Å². The van der Waals surface area contributed by atoms with Crippen molar-refractivity contribution in [1.82, 2.24) is 9.88 Å². The fraction of sp³-hybridized carbons (Fsp3) is 0.421. The molecule has 0 N–H and O–H groups in total. The van der Waals surface area contributed by atoms with Crippen LogP contribution < -0.4 is 0 Å². The lowest BCUT2D eigenvalue weighted by atomic mass is 10.1. The summed E-state index contributed by atoms with van der Waals surface area (Å²) in [5.41, 5.74) is 2.97. The summed E-state index contributed by atoms with van der Waals surface area (Å²) in [5, 5.41) is 0.0300. The predicted octanol–water partition coefficient (Wildman–Crippen LogP) is 5.78. The SMILES string of the molecule is Cc1ccc(CN(Cc2cc(F)c(Cl)nc2Cl)CC2CCCO2)c(Br)c1. The Kier molecular flexibility index (Phi) is 6.92. The molecular weight excluding hydrogens is 442 g/mol. The first-order chi connectivity index (χ1) is 12.4. The zero-order valence-electron chi connectivity index (χ0n) is 14.4. The highest BCUT2D eigenvalue weighted by Crippen LogP contribution is 2.26. The number of aromatic nitrogens is 1. The third-order valence-electron chi connectivity index (χ3n) is 4.44. The topological polar surface area (TPSA) is 25.4 Å². The van der Waals surface area contributed by atoms with Crippen molar-refractivity contribution in [2.75, 3.05) is 13.2 Å². The minimum absolute atomic E-state index is 0.183. The number of rotatable bonds is 6. The average molecular weight is 462 g/mol. The maximum Gasteiger partial charge on any atom is 0.166 e. The van der Waals surface area contributed by atoms with Gasteiger partial charge in [0.15, 0.2) is 11.0 Å². The van der Waals surface area contributed by atoms with Gasteiger partial charge in [0.25, 0.3) is 0 Å². The number of nitrogens with zero attached hydrogens (tertiary/aromatic N) is 2. The van der Waals surface area contributed by atoms with E-state index in [1.807, 2.05) is 0 Å². The van der Waals surface area contributed by atoms with Crippen LogP contribution in [0.1, 0.15) is 29.5 Å². The number of hydrogen-bond donors (Lipinski definition) is 0. The summed E-state index contributed by atoms with van der Waals surface area (Å²) in [6, 6.07) is 7.64. The van der Waals surface area contributed by atoms with E-state index in [0.717, 1.165) is 36.0 Å². The van der Waals surface area contributed by atoms with E-state index in [2.05, 4.69) is 50.9 Å². The Hall–Kier alpha value is -0.720. The van der Waals surface area contributed by atoms with E-state index < -0.39 is 5.82 Å². The van der Waals surface area contributed by atoms with Crippen molar-refractivity contribution < 1.29 is 9.13 Å². The molecule has 0 radical (unpaired) electrons. The van der Waals surface area contributed by atoms with E-state index >= 15 is 0 Å². The first-order valence-corrected chi connectivity index (χ1v) is 10.1. The van der Waals surface area contributed by atoms with Gasteiger partial charge in [-0.2, -0.15) is 0 Å². The Bertz CT molecular complexity index is 784. The Morgan fingerprint density at radius 3 is 2.69 bits per heavy atom. The monoisotopic (exact) mass is 460 g/mol. The molecule has 1 aliphatic rings. The summed E-state index contributed by atoms with van der Waals surface area (Å²) < 4.78 is 20.7. The molecule has 0 amide bonds. The standard InChI is InChI=1S/C19H20BrCl2FN2O/c1-12-4-5-13(16(20)7-12)9-25(11-15-3-2-6-26-15)10-14-8-17(23)19(22)24-18(14)21/h4-5,7-8,15H,2-3,6,9-11H2,1H3. The van der Waals surface area contributed by atoms with Gasteiger partial charge in [0.05, 0.1) is 6.10 Å². The van der Waals surface area contributed by atoms with Crippen molar-refractivity contribution in [2.24, 2.45) is 0 Å². The fourth-order valence-corrected chi connectivity index (χ4v) is 4.12. The molecule has 0 saturated carbocycles.